The average molecular weight is 210 g/mol. The molecule has 0 saturated carbocycles. The molecule has 12 heavy (non-hydrogen) atoms. The Hall–Kier alpha value is -0.510. The predicted molar refractivity (Wildman–Crippen MR) is 55.7 cm³/mol. The molecule has 1 aromatic heterocycles. The van der Waals surface area contributed by atoms with Crippen LogP contribution in [0.4, 0.5) is 0 Å². The van der Waals surface area contributed by atoms with Crippen molar-refractivity contribution in [3.8, 4) is 0 Å². The van der Waals surface area contributed by atoms with Gasteiger partial charge in [-0.05, 0) is 0 Å². The van der Waals surface area contributed by atoms with Gasteiger partial charge in [0, 0.05) is 19.2 Å². The van der Waals surface area contributed by atoms with Gasteiger partial charge in [0.25, 0.3) is 0 Å². The number of nitrogens with two attached hydrogens (primary N) is 1. The van der Waals surface area contributed by atoms with Crippen molar-refractivity contribution in [2.45, 2.75) is 6.54 Å². The van der Waals surface area contributed by atoms with Crippen LogP contribution < -0.4 is 5.73 Å². The molecule has 0 atom stereocenters. The van der Waals surface area contributed by atoms with Gasteiger partial charge in [-0.1, -0.05) is 12.7 Å². The van der Waals surface area contributed by atoms with Gasteiger partial charge in [-0.15, -0.1) is 24.8 Å². The molecule has 0 aliphatic rings. The number of nitrogens with zero attached hydrogens (tertiary/aromatic N) is 2. The van der Waals surface area contributed by atoms with Crippen LogP contribution in [0.1, 0.15) is 11.3 Å². The Bertz CT molecular complexity index is 245. The van der Waals surface area contributed by atoms with E-state index < -0.39 is 0 Å². The van der Waals surface area contributed by atoms with Gasteiger partial charge in [-0.25, -0.2) is 0 Å². The summed E-state index contributed by atoms with van der Waals surface area (Å²) in [6.45, 7) is 4.16. The Morgan fingerprint density at radius 2 is 2.25 bits per heavy atom. The minimum Gasteiger partial charge on any atom is -0.325 e. The van der Waals surface area contributed by atoms with Crippen molar-refractivity contribution in [2.75, 3.05) is 0 Å². The van der Waals surface area contributed by atoms with E-state index >= 15 is 0 Å². The monoisotopic (exact) mass is 209 g/mol. The Morgan fingerprint density at radius 3 is 2.58 bits per heavy atom. The van der Waals surface area contributed by atoms with E-state index in [1.54, 1.807) is 17.0 Å². The minimum absolute atomic E-state index is 0. The molecule has 1 rings (SSSR count). The molecule has 3 nitrogen and oxygen atoms in total. The van der Waals surface area contributed by atoms with Gasteiger partial charge >= 0.3 is 0 Å². The topological polar surface area (TPSA) is 43.8 Å². The number of rotatable bonds is 2. The normalized spacial score (nSPS) is 8.17. The molecule has 0 spiro atoms. The molecular weight excluding hydrogens is 197 g/mol. The van der Waals surface area contributed by atoms with Crippen molar-refractivity contribution < 1.29 is 0 Å². The average Bonchev–Trinajstić information content (AvgIpc) is 2.30. The molecule has 0 saturated heterocycles. The van der Waals surface area contributed by atoms with Gasteiger partial charge in [0.2, 0.25) is 0 Å². The van der Waals surface area contributed by atoms with Crippen LogP contribution in [0.15, 0.2) is 12.8 Å². The fourth-order valence-corrected chi connectivity index (χ4v) is 0.900. The molecule has 1 heterocycles. The van der Waals surface area contributed by atoms with Crippen LogP contribution in [0.2, 0.25) is 0 Å². The number of aromatic nitrogens is 2. The Kier molecular flexibility index (Phi) is 7.09. The first kappa shape index (κ1) is 14.0. The van der Waals surface area contributed by atoms with Gasteiger partial charge in [-0.3, -0.25) is 4.68 Å². The van der Waals surface area contributed by atoms with Crippen LogP contribution in [0, 0.1) is 0 Å². The molecule has 0 bridgehead atoms. The maximum atomic E-state index is 5.46. The summed E-state index contributed by atoms with van der Waals surface area (Å²) in [5.74, 6) is 0. The summed E-state index contributed by atoms with van der Waals surface area (Å²) in [5, 5.41) is 4.02. The molecule has 0 amide bonds. The van der Waals surface area contributed by atoms with E-state index in [4.69, 9.17) is 5.73 Å². The van der Waals surface area contributed by atoms with Crippen molar-refractivity contribution >= 4 is 30.9 Å². The lowest BCUT2D eigenvalue weighted by Gasteiger charge is -1.97. The van der Waals surface area contributed by atoms with Crippen molar-refractivity contribution in [3.63, 3.8) is 0 Å². The number of hydrogen-bond acceptors (Lipinski definition) is 2. The lowest BCUT2D eigenvalue weighted by molar-refractivity contribution is 0.711. The van der Waals surface area contributed by atoms with E-state index in [0.717, 1.165) is 11.3 Å². The fourth-order valence-electron chi connectivity index (χ4n) is 0.900. The van der Waals surface area contributed by atoms with Crippen molar-refractivity contribution in [1.29, 1.82) is 0 Å². The van der Waals surface area contributed by atoms with E-state index in [9.17, 15) is 0 Å². The van der Waals surface area contributed by atoms with Crippen molar-refractivity contribution in [3.05, 3.63) is 24.0 Å². The molecule has 0 aromatic carbocycles. The van der Waals surface area contributed by atoms with Crippen LogP contribution in [0.25, 0.3) is 6.08 Å². The minimum atomic E-state index is 0. The second-order valence-electron chi connectivity index (χ2n) is 2.08. The van der Waals surface area contributed by atoms with Crippen LogP contribution >= 0.6 is 24.8 Å². The summed E-state index contributed by atoms with van der Waals surface area (Å²) in [4.78, 5) is 0. The summed E-state index contributed by atoms with van der Waals surface area (Å²) in [6.07, 6.45) is 3.52. The summed E-state index contributed by atoms with van der Waals surface area (Å²) in [5.41, 5.74) is 7.50. The zero-order valence-corrected chi connectivity index (χ0v) is 8.49. The maximum absolute atomic E-state index is 5.46. The Balaban J connectivity index is 0. The fraction of sp³-hybridized carbons (Fsp3) is 0.286. The zero-order chi connectivity index (χ0) is 7.56. The quantitative estimate of drug-likeness (QED) is 0.800. The van der Waals surface area contributed by atoms with E-state index in [1.807, 2.05) is 7.05 Å². The third kappa shape index (κ3) is 2.52. The molecule has 0 radical (unpaired) electrons. The third-order valence-electron chi connectivity index (χ3n) is 1.51. The van der Waals surface area contributed by atoms with Gasteiger partial charge < -0.3 is 5.73 Å². The summed E-state index contributed by atoms with van der Waals surface area (Å²) < 4.78 is 1.76. The zero-order valence-electron chi connectivity index (χ0n) is 6.86. The molecule has 2 N–H and O–H groups in total. The highest BCUT2D eigenvalue weighted by molar-refractivity contribution is 5.85. The third-order valence-corrected chi connectivity index (χ3v) is 1.51. The Morgan fingerprint density at radius 1 is 1.67 bits per heavy atom. The molecule has 0 aliphatic carbocycles. The highest BCUT2D eigenvalue weighted by atomic mass is 35.5. The first-order valence-corrected chi connectivity index (χ1v) is 3.13. The van der Waals surface area contributed by atoms with Crippen LogP contribution in [0.3, 0.4) is 0 Å². The van der Waals surface area contributed by atoms with E-state index in [-0.39, 0.29) is 24.8 Å². The van der Waals surface area contributed by atoms with Gasteiger partial charge in [0.1, 0.15) is 0 Å². The summed E-state index contributed by atoms with van der Waals surface area (Å²) in [7, 11) is 1.87. The molecule has 0 fully saturated rings. The van der Waals surface area contributed by atoms with Crippen LogP contribution in [-0.2, 0) is 13.6 Å². The smallest absolute Gasteiger partial charge is 0.0588 e. The second-order valence-corrected chi connectivity index (χ2v) is 2.08. The first-order valence-electron chi connectivity index (χ1n) is 3.13. The first-order chi connectivity index (χ1) is 4.79. The number of aryl methyl sites for hydroxylation is 1. The summed E-state index contributed by atoms with van der Waals surface area (Å²) >= 11 is 0. The van der Waals surface area contributed by atoms with Crippen LogP contribution in [-0.4, -0.2) is 9.78 Å². The molecule has 70 valence electrons. The molecule has 0 unspecified atom stereocenters. The highest BCUT2D eigenvalue weighted by Gasteiger charge is 2.00. The second kappa shape index (κ2) is 6.06. The maximum Gasteiger partial charge on any atom is 0.0588 e. The molecule has 5 heteroatoms. The molecule has 0 aliphatic heterocycles. The lowest BCUT2D eigenvalue weighted by Crippen LogP contribution is -2.05. The van der Waals surface area contributed by atoms with E-state index in [0.29, 0.717) is 6.54 Å². The standard InChI is InChI=1S/C7H11N3.2ClH/c1-3-6-5-9-10(2)7(6)4-8;;/h3,5H,1,4,8H2,2H3;2*1H. The number of hydrogen-bond donors (Lipinski definition) is 1. The van der Waals surface area contributed by atoms with Crippen LogP contribution in [0.5, 0.6) is 0 Å². The van der Waals surface area contributed by atoms with E-state index in [2.05, 4.69) is 11.7 Å². The van der Waals surface area contributed by atoms with Crippen molar-refractivity contribution in [1.82, 2.24) is 9.78 Å². The van der Waals surface area contributed by atoms with Gasteiger partial charge in [0.05, 0.1) is 11.9 Å². The molecular formula is C7H13Cl2N3. The highest BCUT2D eigenvalue weighted by Crippen LogP contribution is 2.06. The lowest BCUT2D eigenvalue weighted by atomic mass is 10.2. The van der Waals surface area contributed by atoms with Gasteiger partial charge in [-0.2, -0.15) is 5.10 Å². The largest absolute Gasteiger partial charge is 0.325 e. The van der Waals surface area contributed by atoms with Gasteiger partial charge in [0.15, 0.2) is 0 Å². The molecule has 1 aromatic rings. The summed E-state index contributed by atoms with van der Waals surface area (Å²) in [6, 6.07) is 0. The number of halogens is 2. The SMILES string of the molecule is C=Cc1cnn(C)c1CN.Cl.Cl. The Labute approximate surface area is 84.5 Å². The van der Waals surface area contributed by atoms with Crippen molar-refractivity contribution in [2.24, 2.45) is 12.8 Å². The van der Waals surface area contributed by atoms with E-state index in [1.165, 1.54) is 0 Å². The predicted octanol–water partition coefficient (Wildman–Crippen LogP) is 1.37.